The van der Waals surface area contributed by atoms with Gasteiger partial charge in [-0.15, -0.1) is 0 Å². The minimum Gasteiger partial charge on any atom is -0.398 e. The summed E-state index contributed by atoms with van der Waals surface area (Å²) in [6.07, 6.45) is 4.51. The third kappa shape index (κ3) is 2.31. The summed E-state index contributed by atoms with van der Waals surface area (Å²) in [4.78, 5) is 28.2. The Labute approximate surface area is 119 Å². The lowest BCUT2D eigenvalue weighted by molar-refractivity contribution is 0.550. The first-order chi connectivity index (χ1) is 10.1. The predicted molar refractivity (Wildman–Crippen MR) is 77.9 cm³/mol. The van der Waals surface area contributed by atoms with Gasteiger partial charge in [0.15, 0.2) is 5.65 Å². The van der Waals surface area contributed by atoms with Gasteiger partial charge in [-0.05, 0) is 6.07 Å². The number of anilines is 1. The topological polar surface area (TPSA) is 101 Å². The fourth-order valence-electron chi connectivity index (χ4n) is 2.17. The number of aromatic nitrogens is 5. The van der Waals surface area contributed by atoms with Crippen molar-refractivity contribution in [2.45, 2.75) is 13.1 Å². The maximum absolute atomic E-state index is 12.3. The van der Waals surface area contributed by atoms with Crippen LogP contribution in [0.1, 0.15) is 0 Å². The van der Waals surface area contributed by atoms with E-state index in [0.717, 1.165) is 0 Å². The highest BCUT2D eigenvalue weighted by Crippen LogP contribution is 2.03. The van der Waals surface area contributed by atoms with E-state index < -0.39 is 0 Å². The van der Waals surface area contributed by atoms with Crippen molar-refractivity contribution >= 4 is 16.7 Å². The molecule has 0 atom stereocenters. The number of rotatable bonds is 3. The second-order valence-corrected chi connectivity index (χ2v) is 4.74. The number of nitrogens with zero attached hydrogens (tertiary/aromatic N) is 5. The molecule has 21 heavy (non-hydrogen) atoms. The van der Waals surface area contributed by atoms with Crippen LogP contribution in [0.3, 0.4) is 0 Å². The molecule has 0 aliphatic carbocycles. The van der Waals surface area contributed by atoms with Crippen LogP contribution in [0.25, 0.3) is 11.0 Å². The van der Waals surface area contributed by atoms with Crippen LogP contribution in [0.15, 0.2) is 40.4 Å². The van der Waals surface area contributed by atoms with E-state index in [9.17, 15) is 9.59 Å². The molecular formula is C13H14N6O2. The first kappa shape index (κ1) is 13.1. The van der Waals surface area contributed by atoms with Gasteiger partial charge in [-0.1, -0.05) is 0 Å². The summed E-state index contributed by atoms with van der Waals surface area (Å²) in [6.45, 7) is 0.678. The van der Waals surface area contributed by atoms with Crippen molar-refractivity contribution in [1.29, 1.82) is 0 Å². The van der Waals surface area contributed by atoms with Gasteiger partial charge in [-0.3, -0.25) is 18.8 Å². The Balaban J connectivity index is 1.92. The van der Waals surface area contributed by atoms with Crippen LogP contribution in [0.4, 0.5) is 5.69 Å². The highest BCUT2D eigenvalue weighted by molar-refractivity contribution is 5.72. The molecule has 0 aromatic carbocycles. The van der Waals surface area contributed by atoms with Gasteiger partial charge in [0.1, 0.15) is 11.7 Å². The molecule has 3 rings (SSSR count). The Morgan fingerprint density at radius 1 is 1.19 bits per heavy atom. The van der Waals surface area contributed by atoms with Gasteiger partial charge in [-0.2, -0.15) is 5.10 Å². The second kappa shape index (κ2) is 4.89. The summed E-state index contributed by atoms with van der Waals surface area (Å²) in [7, 11) is 1.73. The van der Waals surface area contributed by atoms with Gasteiger partial charge < -0.3 is 10.3 Å². The van der Waals surface area contributed by atoms with E-state index in [4.69, 9.17) is 5.73 Å². The SMILES string of the molecule is Cn1ncc2c(=O)n(CCn3cc(N)ccc3=O)cnc21. The zero-order valence-corrected chi connectivity index (χ0v) is 11.4. The lowest BCUT2D eigenvalue weighted by Crippen LogP contribution is -2.26. The average Bonchev–Trinajstić information content (AvgIpc) is 2.84. The molecule has 8 nitrogen and oxygen atoms in total. The third-order valence-corrected chi connectivity index (χ3v) is 3.31. The van der Waals surface area contributed by atoms with E-state index in [1.54, 1.807) is 24.0 Å². The van der Waals surface area contributed by atoms with Crippen LogP contribution >= 0.6 is 0 Å². The Kier molecular flexibility index (Phi) is 3.05. The van der Waals surface area contributed by atoms with Crippen LogP contribution in [0, 0.1) is 0 Å². The minimum absolute atomic E-state index is 0.160. The highest BCUT2D eigenvalue weighted by Gasteiger charge is 2.08. The van der Waals surface area contributed by atoms with Crippen LogP contribution < -0.4 is 16.9 Å². The van der Waals surface area contributed by atoms with Crippen molar-refractivity contribution in [3.8, 4) is 0 Å². The molecule has 3 aromatic rings. The van der Waals surface area contributed by atoms with E-state index in [1.165, 1.54) is 27.7 Å². The molecule has 0 fully saturated rings. The Morgan fingerprint density at radius 2 is 1.95 bits per heavy atom. The average molecular weight is 286 g/mol. The molecule has 0 bridgehead atoms. The second-order valence-electron chi connectivity index (χ2n) is 4.74. The zero-order chi connectivity index (χ0) is 15.0. The van der Waals surface area contributed by atoms with Crippen LogP contribution in [0.5, 0.6) is 0 Å². The Hall–Kier alpha value is -2.90. The first-order valence-electron chi connectivity index (χ1n) is 6.39. The molecule has 0 aliphatic heterocycles. The molecule has 0 unspecified atom stereocenters. The largest absolute Gasteiger partial charge is 0.398 e. The molecule has 0 amide bonds. The lowest BCUT2D eigenvalue weighted by atomic mass is 10.4. The fourth-order valence-corrected chi connectivity index (χ4v) is 2.17. The summed E-state index contributed by atoms with van der Waals surface area (Å²) in [5.41, 5.74) is 6.36. The normalized spacial score (nSPS) is 11.1. The smallest absolute Gasteiger partial charge is 0.264 e. The van der Waals surface area contributed by atoms with Crippen molar-refractivity contribution in [2.75, 3.05) is 5.73 Å². The standard InChI is InChI=1S/C13H14N6O2/c1-17-12-10(6-16-17)13(21)19(8-15-12)5-4-18-7-9(14)2-3-11(18)20/h2-3,6-8H,4-5,14H2,1H3. The molecule has 0 spiro atoms. The zero-order valence-electron chi connectivity index (χ0n) is 11.4. The van der Waals surface area contributed by atoms with Gasteiger partial charge >= 0.3 is 0 Å². The van der Waals surface area contributed by atoms with Crippen LogP contribution in [0.2, 0.25) is 0 Å². The van der Waals surface area contributed by atoms with Crippen molar-refractivity contribution in [3.05, 3.63) is 51.6 Å². The molecule has 0 aliphatic rings. The van der Waals surface area contributed by atoms with Crippen molar-refractivity contribution < 1.29 is 0 Å². The van der Waals surface area contributed by atoms with Crippen molar-refractivity contribution in [1.82, 2.24) is 23.9 Å². The molecular weight excluding hydrogens is 272 g/mol. The van der Waals surface area contributed by atoms with Crippen molar-refractivity contribution in [2.24, 2.45) is 7.05 Å². The number of hydrogen-bond acceptors (Lipinski definition) is 5. The molecule has 2 N–H and O–H groups in total. The quantitative estimate of drug-likeness (QED) is 0.704. The summed E-state index contributed by atoms with van der Waals surface area (Å²) >= 11 is 0. The van der Waals surface area contributed by atoms with Crippen molar-refractivity contribution in [3.63, 3.8) is 0 Å². The van der Waals surface area contributed by atoms with E-state index >= 15 is 0 Å². The van der Waals surface area contributed by atoms with E-state index in [1.807, 2.05) is 0 Å². The Morgan fingerprint density at radius 3 is 2.76 bits per heavy atom. The monoisotopic (exact) mass is 286 g/mol. The maximum Gasteiger partial charge on any atom is 0.264 e. The van der Waals surface area contributed by atoms with Crippen LogP contribution in [-0.4, -0.2) is 23.9 Å². The summed E-state index contributed by atoms with van der Waals surface area (Å²) in [6, 6.07) is 2.95. The molecule has 108 valence electrons. The molecule has 0 saturated carbocycles. The number of nitrogen functional groups attached to an aromatic ring is 1. The highest BCUT2D eigenvalue weighted by atomic mass is 16.1. The third-order valence-electron chi connectivity index (χ3n) is 3.31. The van der Waals surface area contributed by atoms with Gasteiger partial charge in [0.05, 0.1) is 6.20 Å². The molecule has 8 heteroatoms. The summed E-state index contributed by atoms with van der Waals surface area (Å²) in [5, 5.41) is 4.47. The lowest BCUT2D eigenvalue weighted by Gasteiger charge is -2.08. The number of hydrogen-bond donors (Lipinski definition) is 1. The first-order valence-corrected chi connectivity index (χ1v) is 6.39. The fraction of sp³-hybridized carbons (Fsp3) is 0.231. The summed E-state index contributed by atoms with van der Waals surface area (Å²) < 4.78 is 4.47. The van der Waals surface area contributed by atoms with Gasteiger partial charge in [-0.25, -0.2) is 4.98 Å². The molecule has 3 aromatic heterocycles. The van der Waals surface area contributed by atoms with Crippen LogP contribution in [-0.2, 0) is 20.1 Å². The molecule has 0 radical (unpaired) electrons. The number of pyridine rings is 1. The molecule has 0 saturated heterocycles. The number of nitrogens with two attached hydrogens (primary N) is 1. The molecule has 3 heterocycles. The predicted octanol–water partition coefficient (Wildman–Crippen LogP) is -0.426. The van der Waals surface area contributed by atoms with E-state index in [0.29, 0.717) is 29.8 Å². The van der Waals surface area contributed by atoms with E-state index in [2.05, 4.69) is 10.1 Å². The number of aryl methyl sites for hydroxylation is 3. The Bertz CT molecular complexity index is 920. The maximum atomic E-state index is 12.3. The van der Waals surface area contributed by atoms with E-state index in [-0.39, 0.29) is 11.1 Å². The summed E-state index contributed by atoms with van der Waals surface area (Å²) in [5.74, 6) is 0. The van der Waals surface area contributed by atoms with Gasteiger partial charge in [0, 0.05) is 38.1 Å². The van der Waals surface area contributed by atoms with Gasteiger partial charge in [0.2, 0.25) is 0 Å². The minimum atomic E-state index is -0.176. The van der Waals surface area contributed by atoms with Gasteiger partial charge in [0.25, 0.3) is 11.1 Å². The number of fused-ring (bicyclic) bond motifs is 1.